The summed E-state index contributed by atoms with van der Waals surface area (Å²) >= 11 is 0. The molecule has 24 heavy (non-hydrogen) atoms. The van der Waals surface area contributed by atoms with E-state index in [1.807, 2.05) is 0 Å². The van der Waals surface area contributed by atoms with Gasteiger partial charge >= 0.3 is 0 Å². The lowest BCUT2D eigenvalue weighted by molar-refractivity contribution is -0.119. The van der Waals surface area contributed by atoms with Gasteiger partial charge in [-0.05, 0) is 12.1 Å². The number of aromatic nitrogens is 1. The maximum absolute atomic E-state index is 12.7. The van der Waals surface area contributed by atoms with E-state index in [1.165, 1.54) is 10.5 Å². The van der Waals surface area contributed by atoms with Gasteiger partial charge in [-0.3, -0.25) is 14.6 Å². The summed E-state index contributed by atoms with van der Waals surface area (Å²) in [6, 6.07) is 3.36. The van der Waals surface area contributed by atoms with E-state index in [1.54, 1.807) is 23.2 Å². The minimum absolute atomic E-state index is 0.112. The SMILES string of the molecule is CS(=O)(=O)N1CCN(C(=O)c2cccnc2)C[C@]2(CNC(=O)C2)C1. The smallest absolute Gasteiger partial charge is 0.255 e. The molecular formula is C15H20N4O4S. The first-order valence-electron chi connectivity index (χ1n) is 7.70. The van der Waals surface area contributed by atoms with Crippen molar-refractivity contribution >= 4 is 21.8 Å². The number of hydrogen-bond donors (Lipinski definition) is 1. The summed E-state index contributed by atoms with van der Waals surface area (Å²) < 4.78 is 25.4. The topological polar surface area (TPSA) is 99.7 Å². The van der Waals surface area contributed by atoms with Crippen LogP contribution in [-0.4, -0.2) is 73.4 Å². The van der Waals surface area contributed by atoms with Gasteiger partial charge in [0.05, 0.1) is 11.8 Å². The molecule has 3 rings (SSSR count). The Labute approximate surface area is 140 Å². The first-order chi connectivity index (χ1) is 11.3. The highest BCUT2D eigenvalue weighted by Gasteiger charge is 2.45. The zero-order valence-corrected chi connectivity index (χ0v) is 14.3. The van der Waals surface area contributed by atoms with Gasteiger partial charge in [0.25, 0.3) is 5.91 Å². The van der Waals surface area contributed by atoms with E-state index >= 15 is 0 Å². The van der Waals surface area contributed by atoms with Crippen molar-refractivity contribution in [1.82, 2.24) is 19.5 Å². The molecule has 1 N–H and O–H groups in total. The Bertz CT molecular complexity index is 752. The summed E-state index contributed by atoms with van der Waals surface area (Å²) in [5.74, 6) is -0.309. The van der Waals surface area contributed by atoms with Gasteiger partial charge in [0.1, 0.15) is 0 Å². The normalized spacial score (nSPS) is 25.5. The number of carbonyl (C=O) groups excluding carboxylic acids is 2. The van der Waals surface area contributed by atoms with Crippen LogP contribution in [0.25, 0.3) is 0 Å². The van der Waals surface area contributed by atoms with Gasteiger partial charge in [-0.2, -0.15) is 4.31 Å². The second kappa shape index (κ2) is 6.14. The lowest BCUT2D eigenvalue weighted by atomic mass is 9.86. The highest BCUT2D eigenvalue weighted by molar-refractivity contribution is 7.88. The summed E-state index contributed by atoms with van der Waals surface area (Å²) in [4.78, 5) is 30.1. The fourth-order valence-corrected chi connectivity index (χ4v) is 4.24. The quantitative estimate of drug-likeness (QED) is 0.759. The molecule has 0 radical (unpaired) electrons. The number of carbonyl (C=O) groups is 2. The molecule has 1 spiro atoms. The molecule has 2 saturated heterocycles. The molecular weight excluding hydrogens is 332 g/mol. The monoisotopic (exact) mass is 352 g/mol. The van der Waals surface area contributed by atoms with Crippen molar-refractivity contribution in [2.45, 2.75) is 6.42 Å². The van der Waals surface area contributed by atoms with Crippen LogP contribution in [-0.2, 0) is 14.8 Å². The maximum atomic E-state index is 12.7. The fourth-order valence-electron chi connectivity index (χ4n) is 3.32. The Hall–Kier alpha value is -2.00. The number of amides is 2. The standard InChI is InChI=1S/C15H20N4O4S/c1-24(22,23)19-6-5-18(14(21)12-3-2-4-16-8-12)10-15(11-19)7-13(20)17-9-15/h2-4,8H,5-7,9-11H2,1H3,(H,17,20)/t15-/m0/s1. The second-order valence-electron chi connectivity index (χ2n) is 6.52. The van der Waals surface area contributed by atoms with Crippen molar-refractivity contribution in [3.8, 4) is 0 Å². The molecule has 0 bridgehead atoms. The lowest BCUT2D eigenvalue weighted by Gasteiger charge is -2.32. The van der Waals surface area contributed by atoms with Gasteiger partial charge in [-0.1, -0.05) is 0 Å². The van der Waals surface area contributed by atoms with Crippen LogP contribution in [0.3, 0.4) is 0 Å². The average molecular weight is 352 g/mol. The Balaban J connectivity index is 1.89. The number of nitrogens with zero attached hydrogens (tertiary/aromatic N) is 3. The number of pyridine rings is 1. The molecule has 0 saturated carbocycles. The molecule has 1 aromatic heterocycles. The molecule has 0 aromatic carbocycles. The van der Waals surface area contributed by atoms with Gasteiger partial charge in [0.2, 0.25) is 15.9 Å². The second-order valence-corrected chi connectivity index (χ2v) is 8.50. The van der Waals surface area contributed by atoms with Crippen molar-refractivity contribution in [3.05, 3.63) is 30.1 Å². The van der Waals surface area contributed by atoms with Crippen LogP contribution >= 0.6 is 0 Å². The average Bonchev–Trinajstić information content (AvgIpc) is 2.78. The highest BCUT2D eigenvalue weighted by Crippen LogP contribution is 2.32. The summed E-state index contributed by atoms with van der Waals surface area (Å²) in [6.07, 6.45) is 4.46. The van der Waals surface area contributed by atoms with E-state index < -0.39 is 15.4 Å². The van der Waals surface area contributed by atoms with E-state index in [2.05, 4.69) is 10.3 Å². The van der Waals surface area contributed by atoms with E-state index in [4.69, 9.17) is 0 Å². The minimum Gasteiger partial charge on any atom is -0.355 e. The van der Waals surface area contributed by atoms with Crippen LogP contribution < -0.4 is 5.32 Å². The number of sulfonamides is 1. The molecule has 0 unspecified atom stereocenters. The minimum atomic E-state index is -3.40. The largest absolute Gasteiger partial charge is 0.355 e. The van der Waals surface area contributed by atoms with Gasteiger partial charge in [0.15, 0.2) is 0 Å². The van der Waals surface area contributed by atoms with Gasteiger partial charge < -0.3 is 10.2 Å². The Morgan fingerprint density at radius 1 is 1.33 bits per heavy atom. The van der Waals surface area contributed by atoms with E-state index in [9.17, 15) is 18.0 Å². The molecule has 1 atom stereocenters. The Morgan fingerprint density at radius 2 is 2.12 bits per heavy atom. The maximum Gasteiger partial charge on any atom is 0.255 e. The van der Waals surface area contributed by atoms with Crippen LogP contribution in [0.5, 0.6) is 0 Å². The summed E-state index contributed by atoms with van der Waals surface area (Å²) in [5.41, 5.74) is -0.133. The highest BCUT2D eigenvalue weighted by atomic mass is 32.2. The van der Waals surface area contributed by atoms with Crippen molar-refractivity contribution in [2.24, 2.45) is 5.41 Å². The van der Waals surface area contributed by atoms with Crippen LogP contribution in [0.4, 0.5) is 0 Å². The molecule has 2 aliphatic rings. The third kappa shape index (κ3) is 3.41. The molecule has 130 valence electrons. The van der Waals surface area contributed by atoms with Crippen molar-refractivity contribution < 1.29 is 18.0 Å². The zero-order chi connectivity index (χ0) is 17.4. The molecule has 2 fully saturated rings. The van der Waals surface area contributed by atoms with E-state index in [-0.39, 0.29) is 37.9 Å². The predicted octanol–water partition coefficient (Wildman–Crippen LogP) is -0.695. The number of rotatable bonds is 2. The molecule has 0 aliphatic carbocycles. The van der Waals surface area contributed by atoms with Crippen LogP contribution in [0.15, 0.2) is 24.5 Å². The van der Waals surface area contributed by atoms with Crippen molar-refractivity contribution in [1.29, 1.82) is 0 Å². The van der Waals surface area contributed by atoms with Crippen molar-refractivity contribution in [3.63, 3.8) is 0 Å². The molecule has 2 amide bonds. The van der Waals surface area contributed by atoms with Gasteiger partial charge in [-0.25, -0.2) is 8.42 Å². The van der Waals surface area contributed by atoms with Crippen LogP contribution in [0.2, 0.25) is 0 Å². The number of nitrogens with one attached hydrogen (secondary N) is 1. The van der Waals surface area contributed by atoms with Crippen LogP contribution in [0.1, 0.15) is 16.8 Å². The molecule has 9 heteroatoms. The lowest BCUT2D eigenvalue weighted by Crippen LogP contribution is -2.44. The van der Waals surface area contributed by atoms with Gasteiger partial charge in [0, 0.05) is 57.0 Å². The van der Waals surface area contributed by atoms with Crippen LogP contribution in [0, 0.1) is 5.41 Å². The molecule has 8 nitrogen and oxygen atoms in total. The molecule has 3 heterocycles. The summed E-state index contributed by atoms with van der Waals surface area (Å²) in [5, 5.41) is 2.77. The summed E-state index contributed by atoms with van der Waals surface area (Å²) in [7, 11) is -3.40. The van der Waals surface area contributed by atoms with E-state index in [0.717, 1.165) is 6.26 Å². The Morgan fingerprint density at radius 3 is 2.71 bits per heavy atom. The zero-order valence-electron chi connectivity index (χ0n) is 13.4. The third-order valence-corrected chi connectivity index (χ3v) is 5.77. The van der Waals surface area contributed by atoms with Gasteiger partial charge in [-0.15, -0.1) is 0 Å². The first-order valence-corrected chi connectivity index (χ1v) is 9.55. The predicted molar refractivity (Wildman–Crippen MR) is 86.6 cm³/mol. The van der Waals surface area contributed by atoms with Crippen molar-refractivity contribution in [2.75, 3.05) is 39.0 Å². The fraction of sp³-hybridized carbons (Fsp3) is 0.533. The summed E-state index contributed by atoms with van der Waals surface area (Å²) in [6.45, 7) is 1.46. The third-order valence-electron chi connectivity index (χ3n) is 4.52. The molecule has 1 aromatic rings. The molecule has 2 aliphatic heterocycles. The first kappa shape index (κ1) is 16.8. The number of hydrogen-bond acceptors (Lipinski definition) is 5. The Kier molecular flexibility index (Phi) is 4.31. The van der Waals surface area contributed by atoms with E-state index in [0.29, 0.717) is 18.7 Å².